The highest BCUT2D eigenvalue weighted by molar-refractivity contribution is 7.11. The van der Waals surface area contributed by atoms with Crippen LogP contribution in [-0.2, 0) is 12.8 Å². The van der Waals surface area contributed by atoms with Crippen molar-refractivity contribution in [3.05, 3.63) is 16.1 Å². The van der Waals surface area contributed by atoms with Gasteiger partial charge in [-0.25, -0.2) is 4.98 Å². The first-order valence-corrected chi connectivity index (χ1v) is 8.71. The molecule has 0 saturated heterocycles. The SMILES string of the molecule is CCc1cnc(CCNC(=NC)NCC(C)(C)CN(C)C)s1. The lowest BCUT2D eigenvalue weighted by Gasteiger charge is -2.29. The van der Waals surface area contributed by atoms with Gasteiger partial charge in [-0.05, 0) is 25.9 Å². The summed E-state index contributed by atoms with van der Waals surface area (Å²) in [4.78, 5) is 12.3. The molecule has 126 valence electrons. The molecule has 0 unspecified atom stereocenters. The average Bonchev–Trinajstić information content (AvgIpc) is 2.89. The van der Waals surface area contributed by atoms with E-state index in [1.54, 1.807) is 11.3 Å². The largest absolute Gasteiger partial charge is 0.356 e. The van der Waals surface area contributed by atoms with Gasteiger partial charge in [-0.15, -0.1) is 11.3 Å². The minimum atomic E-state index is 0.201. The third kappa shape index (κ3) is 7.22. The van der Waals surface area contributed by atoms with E-state index >= 15 is 0 Å². The van der Waals surface area contributed by atoms with E-state index in [0.29, 0.717) is 0 Å². The van der Waals surface area contributed by atoms with E-state index in [2.05, 4.69) is 60.4 Å². The number of aromatic nitrogens is 1. The number of nitrogens with zero attached hydrogens (tertiary/aromatic N) is 3. The van der Waals surface area contributed by atoms with Gasteiger partial charge in [-0.3, -0.25) is 4.99 Å². The van der Waals surface area contributed by atoms with E-state index in [1.165, 1.54) is 9.88 Å². The fourth-order valence-electron chi connectivity index (χ4n) is 2.37. The standard InChI is InChI=1S/C16H31N5S/c1-7-13-10-19-14(22-13)8-9-18-15(17-4)20-11-16(2,3)12-21(5)6/h10H,7-9,11-12H2,1-6H3,(H2,17,18,20). The molecular formula is C16H31N5S. The van der Waals surface area contributed by atoms with E-state index in [1.807, 2.05) is 13.2 Å². The highest BCUT2D eigenvalue weighted by Crippen LogP contribution is 2.14. The summed E-state index contributed by atoms with van der Waals surface area (Å²) >= 11 is 1.80. The van der Waals surface area contributed by atoms with E-state index < -0.39 is 0 Å². The van der Waals surface area contributed by atoms with Crippen LogP contribution in [0.1, 0.15) is 30.7 Å². The van der Waals surface area contributed by atoms with Gasteiger partial charge in [0.2, 0.25) is 0 Å². The molecule has 1 heterocycles. The number of hydrogen-bond donors (Lipinski definition) is 2. The van der Waals surface area contributed by atoms with Gasteiger partial charge in [0.25, 0.3) is 0 Å². The molecule has 22 heavy (non-hydrogen) atoms. The average molecular weight is 326 g/mol. The second kappa shape index (κ2) is 9.10. The molecule has 0 amide bonds. The van der Waals surface area contributed by atoms with Crippen molar-refractivity contribution >= 4 is 17.3 Å². The Balaban J connectivity index is 2.33. The maximum Gasteiger partial charge on any atom is 0.191 e. The molecule has 0 aliphatic carbocycles. The Labute approximate surface area is 139 Å². The lowest BCUT2D eigenvalue weighted by molar-refractivity contribution is 0.241. The predicted octanol–water partition coefficient (Wildman–Crippen LogP) is 2.00. The maximum atomic E-state index is 4.44. The zero-order valence-electron chi connectivity index (χ0n) is 14.9. The van der Waals surface area contributed by atoms with E-state index in [0.717, 1.165) is 38.4 Å². The molecule has 0 spiro atoms. The number of thiazole rings is 1. The summed E-state index contributed by atoms with van der Waals surface area (Å²) in [7, 11) is 6.02. The molecule has 0 aliphatic heterocycles. The van der Waals surface area contributed by atoms with E-state index in [9.17, 15) is 0 Å². The number of guanidine groups is 1. The fourth-order valence-corrected chi connectivity index (χ4v) is 3.23. The molecule has 0 aliphatic rings. The van der Waals surface area contributed by atoms with Crippen molar-refractivity contribution in [2.75, 3.05) is 40.8 Å². The first-order valence-electron chi connectivity index (χ1n) is 7.89. The Morgan fingerprint density at radius 2 is 2.09 bits per heavy atom. The Kier molecular flexibility index (Phi) is 7.82. The Morgan fingerprint density at radius 3 is 2.64 bits per heavy atom. The minimum Gasteiger partial charge on any atom is -0.356 e. The number of hydrogen-bond acceptors (Lipinski definition) is 4. The molecule has 0 radical (unpaired) electrons. The Hall–Kier alpha value is -1.14. The predicted molar refractivity (Wildman–Crippen MR) is 96.9 cm³/mol. The van der Waals surface area contributed by atoms with Crippen LogP contribution in [0.25, 0.3) is 0 Å². The monoisotopic (exact) mass is 325 g/mol. The Morgan fingerprint density at radius 1 is 1.36 bits per heavy atom. The molecule has 6 heteroatoms. The third-order valence-electron chi connectivity index (χ3n) is 3.28. The molecule has 1 aromatic rings. The smallest absolute Gasteiger partial charge is 0.191 e. The van der Waals surface area contributed by atoms with Crippen molar-refractivity contribution < 1.29 is 0 Å². The first-order chi connectivity index (χ1) is 10.4. The lowest BCUT2D eigenvalue weighted by Crippen LogP contribution is -2.45. The molecule has 0 aromatic carbocycles. The summed E-state index contributed by atoms with van der Waals surface area (Å²) in [5.41, 5.74) is 0.201. The Bertz CT molecular complexity index is 465. The van der Waals surface area contributed by atoms with Crippen LogP contribution in [0, 0.1) is 5.41 Å². The fraction of sp³-hybridized carbons (Fsp3) is 0.750. The first kappa shape index (κ1) is 18.9. The highest BCUT2D eigenvalue weighted by atomic mass is 32.1. The quantitative estimate of drug-likeness (QED) is 0.567. The van der Waals surface area contributed by atoms with Crippen molar-refractivity contribution in [2.24, 2.45) is 10.4 Å². The van der Waals surface area contributed by atoms with Crippen molar-refractivity contribution in [2.45, 2.75) is 33.6 Å². The van der Waals surface area contributed by atoms with Crippen LogP contribution in [-0.4, -0.2) is 56.6 Å². The zero-order chi connectivity index (χ0) is 16.6. The van der Waals surface area contributed by atoms with Crippen LogP contribution in [0.2, 0.25) is 0 Å². The summed E-state index contributed by atoms with van der Waals surface area (Å²) in [6.45, 7) is 9.46. The molecule has 0 atom stereocenters. The van der Waals surface area contributed by atoms with Gasteiger partial charge in [0.1, 0.15) is 0 Å². The van der Waals surface area contributed by atoms with Crippen LogP contribution in [0.4, 0.5) is 0 Å². The van der Waals surface area contributed by atoms with E-state index in [-0.39, 0.29) is 5.41 Å². The molecule has 1 aromatic heterocycles. The van der Waals surface area contributed by atoms with Crippen LogP contribution in [0.3, 0.4) is 0 Å². The van der Waals surface area contributed by atoms with Gasteiger partial charge in [0, 0.05) is 44.2 Å². The molecule has 1 rings (SSSR count). The zero-order valence-corrected chi connectivity index (χ0v) is 15.7. The second-order valence-corrected chi connectivity index (χ2v) is 7.78. The molecule has 2 N–H and O–H groups in total. The molecular weight excluding hydrogens is 294 g/mol. The third-order valence-corrected chi connectivity index (χ3v) is 4.48. The van der Waals surface area contributed by atoms with Gasteiger partial charge >= 0.3 is 0 Å². The van der Waals surface area contributed by atoms with Gasteiger partial charge < -0.3 is 15.5 Å². The topological polar surface area (TPSA) is 52.6 Å². The number of rotatable bonds is 8. The van der Waals surface area contributed by atoms with Gasteiger partial charge in [0.15, 0.2) is 5.96 Å². The summed E-state index contributed by atoms with van der Waals surface area (Å²) in [5, 5.41) is 7.96. The molecule has 0 fully saturated rings. The van der Waals surface area contributed by atoms with Crippen LogP contribution >= 0.6 is 11.3 Å². The summed E-state index contributed by atoms with van der Waals surface area (Å²) in [5.74, 6) is 0.860. The summed E-state index contributed by atoms with van der Waals surface area (Å²) < 4.78 is 0. The summed E-state index contributed by atoms with van der Waals surface area (Å²) in [6, 6.07) is 0. The van der Waals surface area contributed by atoms with Crippen LogP contribution < -0.4 is 10.6 Å². The molecule has 0 bridgehead atoms. The van der Waals surface area contributed by atoms with Crippen LogP contribution in [0.5, 0.6) is 0 Å². The van der Waals surface area contributed by atoms with Crippen molar-refractivity contribution in [3.8, 4) is 0 Å². The molecule has 5 nitrogen and oxygen atoms in total. The number of aliphatic imine (C=N–C) groups is 1. The molecule has 0 saturated carbocycles. The highest BCUT2D eigenvalue weighted by Gasteiger charge is 2.19. The van der Waals surface area contributed by atoms with Gasteiger partial charge in [0.05, 0.1) is 5.01 Å². The van der Waals surface area contributed by atoms with Crippen molar-refractivity contribution in [1.82, 2.24) is 20.5 Å². The van der Waals surface area contributed by atoms with Crippen molar-refractivity contribution in [1.29, 1.82) is 0 Å². The lowest BCUT2D eigenvalue weighted by atomic mass is 9.93. The normalized spacial score (nSPS) is 12.8. The maximum absolute atomic E-state index is 4.44. The minimum absolute atomic E-state index is 0.201. The number of nitrogens with one attached hydrogen (secondary N) is 2. The summed E-state index contributed by atoms with van der Waals surface area (Å²) in [6.07, 6.45) is 3.98. The van der Waals surface area contributed by atoms with Crippen molar-refractivity contribution in [3.63, 3.8) is 0 Å². The second-order valence-electron chi connectivity index (χ2n) is 6.58. The van der Waals surface area contributed by atoms with Crippen LogP contribution in [0.15, 0.2) is 11.2 Å². The van der Waals surface area contributed by atoms with Gasteiger partial charge in [-0.2, -0.15) is 0 Å². The number of aryl methyl sites for hydroxylation is 1. The van der Waals surface area contributed by atoms with Gasteiger partial charge in [-0.1, -0.05) is 20.8 Å². The van der Waals surface area contributed by atoms with E-state index in [4.69, 9.17) is 0 Å².